The minimum atomic E-state index is 0.590. The van der Waals surface area contributed by atoms with E-state index < -0.39 is 0 Å². The molecule has 1 heterocycles. The van der Waals surface area contributed by atoms with Gasteiger partial charge in [0.15, 0.2) is 5.82 Å². The van der Waals surface area contributed by atoms with Gasteiger partial charge in [-0.05, 0) is 19.2 Å². The van der Waals surface area contributed by atoms with Crippen LogP contribution in [-0.4, -0.2) is 16.7 Å². The first-order valence-electron chi connectivity index (χ1n) is 3.18. The number of hydrogen-bond donors (Lipinski definition) is 0. The number of allylic oxidation sites excluding steroid dienone is 1. The van der Waals surface area contributed by atoms with E-state index in [2.05, 4.69) is 28.3 Å². The van der Waals surface area contributed by atoms with Crippen molar-refractivity contribution in [2.45, 2.75) is 6.92 Å². The summed E-state index contributed by atoms with van der Waals surface area (Å²) in [4.78, 5) is 11.5. The summed E-state index contributed by atoms with van der Waals surface area (Å²) in [6, 6.07) is 0. The van der Waals surface area contributed by atoms with Gasteiger partial charge in [0, 0.05) is 11.8 Å². The summed E-state index contributed by atoms with van der Waals surface area (Å²) in [6.07, 6.45) is 3.12. The minimum absolute atomic E-state index is 0.590. The fourth-order valence-electron chi connectivity index (χ4n) is 0.750. The number of aromatic nitrogens is 2. The molecule has 0 bridgehead atoms. The van der Waals surface area contributed by atoms with E-state index in [1.807, 2.05) is 6.92 Å². The maximum absolute atomic E-state index is 3.92. The predicted octanol–water partition coefficient (Wildman–Crippen LogP) is 1.84. The Hall–Kier alpha value is -1.51. The van der Waals surface area contributed by atoms with Crippen LogP contribution in [0.2, 0.25) is 0 Å². The van der Waals surface area contributed by atoms with E-state index >= 15 is 0 Å². The van der Waals surface area contributed by atoms with E-state index in [4.69, 9.17) is 0 Å². The molecule has 0 amide bonds. The summed E-state index contributed by atoms with van der Waals surface area (Å²) in [6.45, 7) is 9.04. The van der Waals surface area contributed by atoms with Crippen molar-refractivity contribution in [2.24, 2.45) is 4.99 Å². The first-order chi connectivity index (χ1) is 5.25. The Labute approximate surface area is 65.5 Å². The first kappa shape index (κ1) is 7.60. The van der Waals surface area contributed by atoms with E-state index in [1.165, 1.54) is 6.33 Å². The zero-order chi connectivity index (χ0) is 8.27. The van der Waals surface area contributed by atoms with Gasteiger partial charge in [0.1, 0.15) is 6.33 Å². The topological polar surface area (TPSA) is 38.1 Å². The smallest absolute Gasteiger partial charge is 0.162 e. The van der Waals surface area contributed by atoms with Crippen LogP contribution in [0.5, 0.6) is 0 Å². The van der Waals surface area contributed by atoms with Crippen LogP contribution in [0.25, 0.3) is 5.57 Å². The van der Waals surface area contributed by atoms with Gasteiger partial charge in [-0.15, -0.1) is 0 Å². The lowest BCUT2D eigenvalue weighted by Crippen LogP contribution is -1.84. The Kier molecular flexibility index (Phi) is 2.11. The van der Waals surface area contributed by atoms with Gasteiger partial charge >= 0.3 is 0 Å². The van der Waals surface area contributed by atoms with Crippen molar-refractivity contribution in [3.8, 4) is 0 Å². The second-order valence-corrected chi connectivity index (χ2v) is 2.20. The van der Waals surface area contributed by atoms with Crippen LogP contribution in [0.3, 0.4) is 0 Å². The average Bonchev–Trinajstić information content (AvgIpc) is 2.04. The van der Waals surface area contributed by atoms with Crippen molar-refractivity contribution >= 4 is 18.1 Å². The van der Waals surface area contributed by atoms with Crippen molar-refractivity contribution < 1.29 is 0 Å². The van der Waals surface area contributed by atoms with Crippen molar-refractivity contribution in [3.05, 3.63) is 24.7 Å². The summed E-state index contributed by atoms with van der Waals surface area (Å²) in [5.74, 6) is 0.590. The maximum Gasteiger partial charge on any atom is 0.162 e. The molecule has 1 rings (SSSR count). The summed E-state index contributed by atoms with van der Waals surface area (Å²) in [5, 5.41) is 0. The SMILES string of the molecule is C=Nc1ncncc1C(=C)C. The maximum atomic E-state index is 3.92. The zero-order valence-corrected chi connectivity index (χ0v) is 6.41. The lowest BCUT2D eigenvalue weighted by Gasteiger charge is -1.99. The van der Waals surface area contributed by atoms with Gasteiger partial charge in [-0.3, -0.25) is 0 Å². The summed E-state index contributed by atoms with van der Waals surface area (Å²) in [7, 11) is 0. The third kappa shape index (κ3) is 1.49. The largest absolute Gasteiger partial charge is 0.244 e. The van der Waals surface area contributed by atoms with E-state index in [0.29, 0.717) is 5.82 Å². The molecule has 0 unspecified atom stereocenters. The van der Waals surface area contributed by atoms with Crippen molar-refractivity contribution in [1.29, 1.82) is 0 Å². The predicted molar refractivity (Wildman–Crippen MR) is 45.9 cm³/mol. The molecular weight excluding hydrogens is 138 g/mol. The number of rotatable bonds is 2. The number of hydrogen-bond acceptors (Lipinski definition) is 3. The van der Waals surface area contributed by atoms with E-state index in [9.17, 15) is 0 Å². The Bertz CT molecular complexity index is 291. The van der Waals surface area contributed by atoms with Gasteiger partial charge in [0.05, 0.1) is 0 Å². The summed E-state index contributed by atoms with van der Waals surface area (Å²) >= 11 is 0. The standard InChI is InChI=1S/C8H9N3/c1-6(2)7-4-10-5-11-8(7)9-3/h4-5H,1,3H2,2H3. The third-order valence-corrected chi connectivity index (χ3v) is 1.30. The monoisotopic (exact) mass is 147 g/mol. The molecule has 0 aliphatic rings. The Morgan fingerprint density at radius 1 is 1.64 bits per heavy atom. The van der Waals surface area contributed by atoms with Crippen molar-refractivity contribution in [2.75, 3.05) is 0 Å². The Balaban J connectivity index is 3.22. The first-order valence-corrected chi connectivity index (χ1v) is 3.18. The summed E-state index contributed by atoms with van der Waals surface area (Å²) < 4.78 is 0. The van der Waals surface area contributed by atoms with Gasteiger partial charge in [-0.25, -0.2) is 15.0 Å². The number of nitrogens with zero attached hydrogens (tertiary/aromatic N) is 3. The van der Waals surface area contributed by atoms with Gasteiger partial charge in [0.25, 0.3) is 0 Å². The van der Waals surface area contributed by atoms with Crippen LogP contribution in [0.4, 0.5) is 5.82 Å². The molecule has 0 N–H and O–H groups in total. The van der Waals surface area contributed by atoms with Crippen LogP contribution in [0.15, 0.2) is 24.1 Å². The van der Waals surface area contributed by atoms with Crippen LogP contribution >= 0.6 is 0 Å². The average molecular weight is 147 g/mol. The molecule has 1 aromatic rings. The molecule has 3 nitrogen and oxygen atoms in total. The van der Waals surface area contributed by atoms with Gasteiger partial charge in [0.2, 0.25) is 0 Å². The molecule has 11 heavy (non-hydrogen) atoms. The normalized spacial score (nSPS) is 9.18. The lowest BCUT2D eigenvalue weighted by atomic mass is 10.2. The van der Waals surface area contributed by atoms with Gasteiger partial charge in [-0.2, -0.15) is 0 Å². The quantitative estimate of drug-likeness (QED) is 0.598. The molecule has 1 aromatic heterocycles. The Morgan fingerprint density at radius 3 is 2.82 bits per heavy atom. The molecule has 0 aromatic carbocycles. The van der Waals surface area contributed by atoms with Crippen molar-refractivity contribution in [3.63, 3.8) is 0 Å². The molecular formula is C8H9N3. The highest BCUT2D eigenvalue weighted by molar-refractivity contribution is 5.69. The van der Waals surface area contributed by atoms with Gasteiger partial charge < -0.3 is 0 Å². The molecule has 0 aliphatic heterocycles. The highest BCUT2D eigenvalue weighted by atomic mass is 14.9. The van der Waals surface area contributed by atoms with Crippen molar-refractivity contribution in [1.82, 2.24) is 9.97 Å². The molecule has 0 atom stereocenters. The second-order valence-electron chi connectivity index (χ2n) is 2.20. The number of aliphatic imine (C=N–C) groups is 1. The summed E-state index contributed by atoms with van der Waals surface area (Å²) in [5.41, 5.74) is 1.75. The minimum Gasteiger partial charge on any atom is -0.244 e. The molecule has 3 heteroatoms. The van der Waals surface area contributed by atoms with E-state index in [-0.39, 0.29) is 0 Å². The molecule has 0 saturated carbocycles. The second kappa shape index (κ2) is 3.05. The molecule has 0 spiro atoms. The Morgan fingerprint density at radius 2 is 2.36 bits per heavy atom. The molecule has 0 saturated heterocycles. The molecule has 0 fully saturated rings. The highest BCUT2D eigenvalue weighted by Crippen LogP contribution is 2.19. The van der Waals surface area contributed by atoms with Gasteiger partial charge in [-0.1, -0.05) is 6.58 Å². The van der Waals surface area contributed by atoms with Crippen LogP contribution < -0.4 is 0 Å². The van der Waals surface area contributed by atoms with E-state index in [1.54, 1.807) is 6.20 Å². The fraction of sp³-hybridized carbons (Fsp3) is 0.125. The van der Waals surface area contributed by atoms with Crippen LogP contribution in [-0.2, 0) is 0 Å². The molecule has 56 valence electrons. The highest BCUT2D eigenvalue weighted by Gasteiger charge is 2.00. The molecule has 0 aliphatic carbocycles. The van der Waals surface area contributed by atoms with Crippen LogP contribution in [0.1, 0.15) is 12.5 Å². The van der Waals surface area contributed by atoms with Crippen LogP contribution in [0, 0.1) is 0 Å². The fourth-order valence-corrected chi connectivity index (χ4v) is 0.750. The zero-order valence-electron chi connectivity index (χ0n) is 6.41. The third-order valence-electron chi connectivity index (χ3n) is 1.30. The lowest BCUT2D eigenvalue weighted by molar-refractivity contribution is 1.14. The van der Waals surface area contributed by atoms with E-state index in [0.717, 1.165) is 11.1 Å². The molecule has 0 radical (unpaired) electrons.